The molecule has 4 unspecified atom stereocenters. The van der Waals surface area contributed by atoms with Crippen LogP contribution in [-0.2, 0) is 18.4 Å². The fourth-order valence-electron chi connectivity index (χ4n) is 10.0. The number of carbonyl (C=O) groups is 1. The zero-order valence-electron chi connectivity index (χ0n) is 25.8. The van der Waals surface area contributed by atoms with Gasteiger partial charge < -0.3 is 13.6 Å². The quantitative estimate of drug-likeness (QED) is 0.225. The summed E-state index contributed by atoms with van der Waals surface area (Å²) in [6.45, 7) is 21.8. The highest BCUT2D eigenvalue weighted by molar-refractivity contribution is 6.70. The minimum atomic E-state index is -1.69. The average molecular weight is 551 g/mol. The zero-order valence-corrected chi connectivity index (χ0v) is 27.8. The van der Waals surface area contributed by atoms with E-state index in [9.17, 15) is 4.79 Å². The molecule has 0 radical (unpaired) electrons. The monoisotopic (exact) mass is 550 g/mol. The molecule has 6 heteroatoms. The van der Waals surface area contributed by atoms with E-state index in [-0.39, 0.29) is 18.2 Å². The van der Waals surface area contributed by atoms with Crippen LogP contribution in [0.3, 0.4) is 0 Å². The third kappa shape index (κ3) is 5.97. The molecule has 4 saturated carbocycles. The van der Waals surface area contributed by atoms with Crippen molar-refractivity contribution in [3.63, 3.8) is 0 Å². The van der Waals surface area contributed by atoms with E-state index in [1.54, 1.807) is 0 Å². The summed E-state index contributed by atoms with van der Waals surface area (Å²) < 4.78 is 18.9. The normalized spacial score (nSPS) is 42.9. The van der Waals surface area contributed by atoms with E-state index in [4.69, 9.17) is 13.6 Å². The van der Waals surface area contributed by atoms with Crippen molar-refractivity contribution in [2.75, 3.05) is 7.11 Å². The Bertz CT molecular complexity index is 819. The van der Waals surface area contributed by atoms with Gasteiger partial charge in [-0.15, -0.1) is 0 Å². The van der Waals surface area contributed by atoms with Crippen molar-refractivity contribution < 1.29 is 18.4 Å². The summed E-state index contributed by atoms with van der Waals surface area (Å²) in [7, 11) is -1.80. The van der Waals surface area contributed by atoms with Crippen LogP contribution < -0.4 is 0 Å². The molecule has 214 valence electrons. The predicted molar refractivity (Wildman–Crippen MR) is 157 cm³/mol. The van der Waals surface area contributed by atoms with E-state index in [1.807, 2.05) is 0 Å². The molecule has 4 aliphatic rings. The molecule has 0 aliphatic heterocycles. The Morgan fingerprint density at radius 1 is 0.811 bits per heavy atom. The van der Waals surface area contributed by atoms with Crippen LogP contribution in [0.5, 0.6) is 0 Å². The summed E-state index contributed by atoms with van der Waals surface area (Å²) in [6.07, 6.45) is 12.8. The van der Waals surface area contributed by atoms with Crippen LogP contribution in [0.2, 0.25) is 39.3 Å². The van der Waals surface area contributed by atoms with Crippen LogP contribution in [0.15, 0.2) is 0 Å². The van der Waals surface area contributed by atoms with E-state index in [2.05, 4.69) is 60.1 Å². The Morgan fingerprint density at radius 3 is 2.03 bits per heavy atom. The van der Waals surface area contributed by atoms with E-state index in [0.717, 1.165) is 30.1 Å². The number of fused-ring (bicyclic) bond motifs is 5. The molecule has 0 saturated heterocycles. The molecule has 10 atom stereocenters. The minimum absolute atomic E-state index is 0.0506. The summed E-state index contributed by atoms with van der Waals surface area (Å²) in [4.78, 5) is 11.8. The molecular formula is C31H58O4Si2. The summed E-state index contributed by atoms with van der Waals surface area (Å²) in [6, 6.07) is 0. The second-order valence-electron chi connectivity index (χ2n) is 15.9. The van der Waals surface area contributed by atoms with Crippen LogP contribution in [-0.4, -0.2) is 41.9 Å². The SMILES string of the molecule is COC(=O)CCC(C)[C@H]1CCC2C3CC[C@@H]4[C@@H](O[Si](C)(C)C)[C@H](O[Si](C)(C)C)CC[C@]4(C)C3CC[C@@]21C. The Morgan fingerprint density at radius 2 is 1.41 bits per heavy atom. The van der Waals surface area contributed by atoms with E-state index >= 15 is 0 Å². The first-order valence-corrected chi connectivity index (χ1v) is 22.3. The summed E-state index contributed by atoms with van der Waals surface area (Å²) in [5.41, 5.74) is 0.814. The van der Waals surface area contributed by atoms with Crippen LogP contribution in [0.4, 0.5) is 0 Å². The summed E-state index contributed by atoms with van der Waals surface area (Å²) in [5.74, 6) is 4.47. The average Bonchev–Trinajstić information content (AvgIpc) is 3.14. The van der Waals surface area contributed by atoms with Crippen LogP contribution in [0.25, 0.3) is 0 Å². The van der Waals surface area contributed by atoms with Crippen LogP contribution in [0, 0.1) is 46.3 Å². The Kier molecular flexibility index (Phi) is 8.59. The number of esters is 1. The van der Waals surface area contributed by atoms with Gasteiger partial charge in [0, 0.05) is 6.42 Å². The smallest absolute Gasteiger partial charge is 0.305 e. The van der Waals surface area contributed by atoms with Gasteiger partial charge in [0.25, 0.3) is 0 Å². The molecule has 0 aromatic carbocycles. The first-order chi connectivity index (χ1) is 17.1. The second-order valence-corrected chi connectivity index (χ2v) is 24.8. The van der Waals surface area contributed by atoms with Gasteiger partial charge in [-0.25, -0.2) is 0 Å². The van der Waals surface area contributed by atoms with E-state index < -0.39 is 16.6 Å². The topological polar surface area (TPSA) is 44.8 Å². The summed E-state index contributed by atoms with van der Waals surface area (Å²) >= 11 is 0. The maximum atomic E-state index is 11.8. The maximum Gasteiger partial charge on any atom is 0.305 e. The van der Waals surface area contributed by atoms with E-state index in [0.29, 0.717) is 29.1 Å². The lowest BCUT2D eigenvalue weighted by molar-refractivity contribution is -0.167. The van der Waals surface area contributed by atoms with Crippen LogP contribution >= 0.6 is 0 Å². The number of hydrogen-bond acceptors (Lipinski definition) is 4. The third-order valence-electron chi connectivity index (χ3n) is 11.5. The lowest BCUT2D eigenvalue weighted by atomic mass is 9.44. The number of methoxy groups -OCH3 is 1. The standard InChI is InChI=1S/C31H58O4Si2/c1-21(11-16-28(32)33-4)23-14-15-24-22-12-13-26-29(35-37(8,9)10)27(34-36(5,6)7)18-20-31(26,3)25(22)17-19-30(23,24)2/h21-27,29H,11-20H2,1-10H3/t21?,22?,23-,24?,25?,26-,27-,29-,30-,31-/m1/s1. The minimum Gasteiger partial charge on any atom is -0.469 e. The van der Waals surface area contributed by atoms with Crippen molar-refractivity contribution >= 4 is 22.6 Å². The van der Waals surface area contributed by atoms with Crippen molar-refractivity contribution in [3.05, 3.63) is 0 Å². The first kappa shape index (κ1) is 29.8. The van der Waals surface area contributed by atoms with Gasteiger partial charge >= 0.3 is 5.97 Å². The van der Waals surface area contributed by atoms with Gasteiger partial charge in [0.15, 0.2) is 16.6 Å². The number of ether oxygens (including phenoxy) is 1. The van der Waals surface area contributed by atoms with Gasteiger partial charge in [0.1, 0.15) is 0 Å². The molecule has 0 amide bonds. The van der Waals surface area contributed by atoms with Crippen LogP contribution in [0.1, 0.15) is 85.0 Å². The van der Waals surface area contributed by atoms with Gasteiger partial charge in [-0.1, -0.05) is 20.8 Å². The molecule has 37 heavy (non-hydrogen) atoms. The lowest BCUT2D eigenvalue weighted by Gasteiger charge is -2.63. The second kappa shape index (κ2) is 10.7. The van der Waals surface area contributed by atoms with Gasteiger partial charge in [0.2, 0.25) is 0 Å². The Hall–Kier alpha value is -0.176. The van der Waals surface area contributed by atoms with Gasteiger partial charge in [-0.2, -0.15) is 0 Å². The van der Waals surface area contributed by atoms with Crippen molar-refractivity contribution in [3.8, 4) is 0 Å². The predicted octanol–water partition coefficient (Wildman–Crippen LogP) is 8.28. The molecule has 0 aromatic heterocycles. The molecule has 0 bridgehead atoms. The molecule has 4 rings (SSSR count). The fraction of sp³-hybridized carbons (Fsp3) is 0.968. The molecule has 4 fully saturated rings. The van der Waals surface area contributed by atoms with Crippen molar-refractivity contribution in [1.29, 1.82) is 0 Å². The highest BCUT2D eigenvalue weighted by Crippen LogP contribution is 2.68. The molecular weight excluding hydrogens is 493 g/mol. The van der Waals surface area contributed by atoms with Crippen molar-refractivity contribution in [1.82, 2.24) is 0 Å². The van der Waals surface area contributed by atoms with Gasteiger partial charge in [-0.3, -0.25) is 4.79 Å². The highest BCUT2D eigenvalue weighted by Gasteiger charge is 2.62. The number of carbonyl (C=O) groups excluding carboxylic acids is 1. The lowest BCUT2D eigenvalue weighted by Crippen LogP contribution is -2.61. The number of hydrogen-bond donors (Lipinski definition) is 0. The third-order valence-corrected chi connectivity index (χ3v) is 13.4. The molecule has 4 nitrogen and oxygen atoms in total. The zero-order chi connectivity index (χ0) is 27.4. The van der Waals surface area contributed by atoms with Gasteiger partial charge in [0.05, 0.1) is 19.3 Å². The first-order valence-electron chi connectivity index (χ1n) is 15.5. The molecule has 4 aliphatic carbocycles. The highest BCUT2D eigenvalue weighted by atomic mass is 28.4. The molecule has 0 aromatic rings. The van der Waals surface area contributed by atoms with Crippen molar-refractivity contribution in [2.45, 2.75) is 136 Å². The van der Waals surface area contributed by atoms with Crippen molar-refractivity contribution in [2.24, 2.45) is 46.3 Å². The maximum absolute atomic E-state index is 11.8. The molecule has 0 heterocycles. The number of rotatable bonds is 8. The Balaban J connectivity index is 1.53. The largest absolute Gasteiger partial charge is 0.469 e. The van der Waals surface area contributed by atoms with E-state index in [1.165, 1.54) is 58.5 Å². The van der Waals surface area contributed by atoms with Gasteiger partial charge in [-0.05, 0) is 143 Å². The fourth-order valence-corrected chi connectivity index (χ4v) is 12.3. The Labute approximate surface area is 230 Å². The molecule has 0 spiro atoms. The molecule has 0 N–H and O–H groups in total. The summed E-state index contributed by atoms with van der Waals surface area (Å²) in [5, 5.41) is 0.